The molecule has 1 aromatic heterocycles. The van der Waals surface area contributed by atoms with E-state index in [1.54, 1.807) is 23.4 Å². The topological polar surface area (TPSA) is 82.5 Å². The van der Waals surface area contributed by atoms with E-state index in [-0.39, 0.29) is 11.5 Å². The maximum atomic E-state index is 13.9. The van der Waals surface area contributed by atoms with Crippen LogP contribution >= 0.6 is 0 Å². The Hall–Kier alpha value is -3.74. The van der Waals surface area contributed by atoms with Crippen molar-refractivity contribution in [2.75, 3.05) is 11.9 Å². The van der Waals surface area contributed by atoms with Crippen molar-refractivity contribution >= 4 is 17.5 Å². The fraction of sp³-hybridized carbons (Fsp3) is 0.174. The summed E-state index contributed by atoms with van der Waals surface area (Å²) in [6.07, 6.45) is 3.72. The number of hydrogen-bond acceptors (Lipinski definition) is 4. The van der Waals surface area contributed by atoms with E-state index in [1.165, 1.54) is 6.07 Å². The fourth-order valence-corrected chi connectivity index (χ4v) is 4.71. The number of phenols is 1. The third-order valence-corrected chi connectivity index (χ3v) is 6.04. The SMILES string of the molecule is O=C(c1ccc(O)c(F)c1)N1CCC2(C(=O)Nc3ccccc32)C1c1cccnc1. The largest absolute Gasteiger partial charge is 0.505 e. The van der Waals surface area contributed by atoms with Crippen LogP contribution in [0.2, 0.25) is 0 Å². The Morgan fingerprint density at radius 3 is 2.80 bits per heavy atom. The molecular formula is C23H18FN3O3. The van der Waals surface area contributed by atoms with Crippen LogP contribution in [-0.2, 0) is 10.2 Å². The molecule has 30 heavy (non-hydrogen) atoms. The van der Waals surface area contributed by atoms with Crippen LogP contribution in [0.15, 0.2) is 67.0 Å². The summed E-state index contributed by atoms with van der Waals surface area (Å²) in [5, 5.41) is 12.4. The first kappa shape index (κ1) is 18.3. The molecule has 150 valence electrons. The maximum absolute atomic E-state index is 13.9. The van der Waals surface area contributed by atoms with Gasteiger partial charge in [0.1, 0.15) is 5.41 Å². The third-order valence-electron chi connectivity index (χ3n) is 6.04. The van der Waals surface area contributed by atoms with Gasteiger partial charge in [-0.25, -0.2) is 4.39 Å². The van der Waals surface area contributed by atoms with Gasteiger partial charge < -0.3 is 15.3 Å². The van der Waals surface area contributed by atoms with Crippen molar-refractivity contribution in [1.82, 2.24) is 9.88 Å². The van der Waals surface area contributed by atoms with Crippen molar-refractivity contribution in [1.29, 1.82) is 0 Å². The Balaban J connectivity index is 1.66. The van der Waals surface area contributed by atoms with E-state index < -0.39 is 28.9 Å². The number of benzene rings is 2. The van der Waals surface area contributed by atoms with E-state index in [0.717, 1.165) is 28.9 Å². The monoisotopic (exact) mass is 403 g/mol. The Labute approximate surface area is 172 Å². The summed E-state index contributed by atoms with van der Waals surface area (Å²) < 4.78 is 13.9. The molecule has 2 aliphatic heterocycles. The first-order valence-corrected chi connectivity index (χ1v) is 9.63. The first-order chi connectivity index (χ1) is 14.5. The molecule has 2 aromatic carbocycles. The van der Waals surface area contributed by atoms with Crippen molar-refractivity contribution < 1.29 is 19.1 Å². The van der Waals surface area contributed by atoms with Crippen LogP contribution in [0.5, 0.6) is 5.75 Å². The van der Waals surface area contributed by atoms with E-state index in [9.17, 15) is 19.1 Å². The minimum atomic E-state index is -0.954. The summed E-state index contributed by atoms with van der Waals surface area (Å²) in [5.74, 6) is -1.95. The smallest absolute Gasteiger partial charge is 0.254 e. The van der Waals surface area contributed by atoms with Gasteiger partial charge >= 0.3 is 0 Å². The molecule has 3 heterocycles. The quantitative estimate of drug-likeness (QED) is 0.687. The lowest BCUT2D eigenvalue weighted by Gasteiger charge is -2.34. The number of phenolic OH excluding ortho intramolecular Hbond substituents is 1. The third kappa shape index (κ3) is 2.51. The Morgan fingerprint density at radius 1 is 1.20 bits per heavy atom. The highest BCUT2D eigenvalue weighted by Crippen LogP contribution is 2.54. The molecule has 2 atom stereocenters. The molecule has 1 spiro atoms. The highest BCUT2D eigenvalue weighted by atomic mass is 19.1. The van der Waals surface area contributed by atoms with Crippen molar-refractivity contribution in [3.05, 3.63) is 89.5 Å². The first-order valence-electron chi connectivity index (χ1n) is 9.63. The number of nitrogens with zero attached hydrogens (tertiary/aromatic N) is 2. The Bertz CT molecular complexity index is 1170. The minimum absolute atomic E-state index is 0.114. The molecule has 5 rings (SSSR count). The number of pyridine rings is 1. The van der Waals surface area contributed by atoms with E-state index in [0.29, 0.717) is 13.0 Å². The molecule has 2 aliphatic rings. The van der Waals surface area contributed by atoms with E-state index in [4.69, 9.17) is 0 Å². The number of nitrogens with one attached hydrogen (secondary N) is 1. The van der Waals surface area contributed by atoms with Crippen LogP contribution in [0, 0.1) is 5.82 Å². The second-order valence-corrected chi connectivity index (χ2v) is 7.57. The van der Waals surface area contributed by atoms with Crippen molar-refractivity contribution in [2.45, 2.75) is 17.9 Å². The molecule has 0 aliphatic carbocycles. The van der Waals surface area contributed by atoms with Gasteiger partial charge in [0.15, 0.2) is 11.6 Å². The molecule has 0 saturated carbocycles. The van der Waals surface area contributed by atoms with Gasteiger partial charge in [-0.2, -0.15) is 0 Å². The molecule has 0 bridgehead atoms. The predicted octanol–water partition coefficient (Wildman–Crippen LogP) is 3.40. The van der Waals surface area contributed by atoms with Crippen LogP contribution in [0.4, 0.5) is 10.1 Å². The number of amides is 2. The van der Waals surface area contributed by atoms with Crippen LogP contribution in [0.25, 0.3) is 0 Å². The molecule has 2 amide bonds. The van der Waals surface area contributed by atoms with Crippen LogP contribution in [-0.4, -0.2) is 33.3 Å². The zero-order valence-electron chi connectivity index (χ0n) is 15.9. The lowest BCUT2D eigenvalue weighted by molar-refractivity contribution is -0.121. The molecule has 3 aromatic rings. The second-order valence-electron chi connectivity index (χ2n) is 7.57. The highest BCUT2D eigenvalue weighted by Gasteiger charge is 2.59. The lowest BCUT2D eigenvalue weighted by atomic mass is 9.73. The number of aromatic hydroxyl groups is 1. The van der Waals surface area contributed by atoms with Gasteiger partial charge in [0, 0.05) is 30.2 Å². The lowest BCUT2D eigenvalue weighted by Crippen LogP contribution is -2.42. The van der Waals surface area contributed by atoms with E-state index >= 15 is 0 Å². The van der Waals surface area contributed by atoms with Gasteiger partial charge in [-0.15, -0.1) is 0 Å². The van der Waals surface area contributed by atoms with Crippen molar-refractivity contribution in [3.8, 4) is 5.75 Å². The van der Waals surface area contributed by atoms with E-state index in [2.05, 4.69) is 10.3 Å². The summed E-state index contributed by atoms with van der Waals surface area (Å²) in [4.78, 5) is 32.5. The predicted molar refractivity (Wildman–Crippen MR) is 107 cm³/mol. The van der Waals surface area contributed by atoms with Crippen LogP contribution in [0.3, 0.4) is 0 Å². The molecule has 6 nitrogen and oxygen atoms in total. The van der Waals surface area contributed by atoms with Crippen molar-refractivity contribution in [2.24, 2.45) is 0 Å². The highest BCUT2D eigenvalue weighted by molar-refractivity contribution is 6.08. The minimum Gasteiger partial charge on any atom is -0.505 e. The molecular weight excluding hydrogens is 385 g/mol. The molecule has 2 unspecified atom stereocenters. The normalized spacial score (nSPS) is 22.2. The number of anilines is 1. The van der Waals surface area contributed by atoms with Gasteiger partial charge in [0.05, 0.1) is 6.04 Å². The zero-order valence-corrected chi connectivity index (χ0v) is 15.9. The number of likely N-dealkylation sites (tertiary alicyclic amines) is 1. The number of aromatic nitrogens is 1. The summed E-state index contributed by atoms with van der Waals surface area (Å²) >= 11 is 0. The molecule has 2 N–H and O–H groups in total. The summed E-state index contributed by atoms with van der Waals surface area (Å²) in [6, 6.07) is 14.1. The van der Waals surface area contributed by atoms with Gasteiger partial charge in [0.2, 0.25) is 5.91 Å². The maximum Gasteiger partial charge on any atom is 0.254 e. The number of carbonyl (C=O) groups excluding carboxylic acids is 2. The van der Waals surface area contributed by atoms with Crippen LogP contribution < -0.4 is 5.32 Å². The van der Waals surface area contributed by atoms with Crippen LogP contribution in [0.1, 0.15) is 33.9 Å². The van der Waals surface area contributed by atoms with Gasteiger partial charge in [-0.3, -0.25) is 14.6 Å². The van der Waals surface area contributed by atoms with Crippen molar-refractivity contribution in [3.63, 3.8) is 0 Å². The second kappa shape index (κ2) is 6.66. The van der Waals surface area contributed by atoms with Gasteiger partial charge in [-0.1, -0.05) is 24.3 Å². The number of carbonyl (C=O) groups is 2. The average Bonchev–Trinajstić information content (AvgIpc) is 3.30. The number of rotatable bonds is 2. The molecule has 1 saturated heterocycles. The van der Waals surface area contributed by atoms with E-state index in [1.807, 2.05) is 30.3 Å². The molecule has 1 fully saturated rings. The van der Waals surface area contributed by atoms with Gasteiger partial charge in [0.25, 0.3) is 5.91 Å². The Kier molecular flexibility index (Phi) is 4.06. The van der Waals surface area contributed by atoms with Gasteiger partial charge in [-0.05, 0) is 47.9 Å². The zero-order chi connectivity index (χ0) is 20.9. The number of fused-ring (bicyclic) bond motifs is 2. The summed E-state index contributed by atoms with van der Waals surface area (Å²) in [5.41, 5.74) is 1.47. The molecule has 0 radical (unpaired) electrons. The number of halogens is 1. The Morgan fingerprint density at radius 2 is 2.03 bits per heavy atom. The fourth-order valence-electron chi connectivity index (χ4n) is 4.71. The average molecular weight is 403 g/mol. The standard InChI is InChI=1S/C23H18FN3O3/c24-17-12-14(7-8-19(17)28)21(29)27-11-9-23(20(27)15-4-3-10-25-13-15)16-5-1-2-6-18(16)26-22(23)30/h1-8,10,12-13,20,28H,9,11H2,(H,26,30). The number of hydrogen-bond donors (Lipinski definition) is 2. The summed E-state index contributed by atoms with van der Waals surface area (Å²) in [6.45, 7) is 0.322. The number of para-hydroxylation sites is 1. The summed E-state index contributed by atoms with van der Waals surface area (Å²) in [7, 11) is 0. The molecule has 7 heteroatoms.